The fraction of sp³-hybridized carbons (Fsp3) is 0.122. The van der Waals surface area contributed by atoms with Crippen molar-refractivity contribution in [1.29, 1.82) is 0 Å². The van der Waals surface area contributed by atoms with Crippen LogP contribution in [0.4, 0.5) is 0 Å². The number of hydrogen-bond acceptors (Lipinski definition) is 0. The first kappa shape index (κ1) is 24.9. The Morgan fingerprint density at radius 3 is 1.86 bits per heavy atom. The molecule has 0 bridgehead atoms. The normalized spacial score (nSPS) is 13.0. The van der Waals surface area contributed by atoms with Gasteiger partial charge in [-0.15, -0.1) is 0 Å². The van der Waals surface area contributed by atoms with Gasteiger partial charge < -0.3 is 4.57 Å². The monoisotopic (exact) mass is 539 g/mol. The number of hydrogen-bond donors (Lipinski definition) is 0. The maximum atomic E-state index is 2.39. The molecule has 0 N–H and O–H groups in total. The van der Waals surface area contributed by atoms with E-state index in [-0.39, 0.29) is 0 Å². The Morgan fingerprint density at radius 1 is 0.595 bits per heavy atom. The predicted molar refractivity (Wildman–Crippen MR) is 182 cm³/mol. The summed E-state index contributed by atoms with van der Waals surface area (Å²) in [5.41, 5.74) is 7.64. The summed E-state index contributed by atoms with van der Waals surface area (Å²) in [6.45, 7) is 4.42. The summed E-state index contributed by atoms with van der Waals surface area (Å²) in [6.07, 6.45) is 6.92. The van der Waals surface area contributed by atoms with Gasteiger partial charge in [-0.1, -0.05) is 123 Å². The third-order valence-electron chi connectivity index (χ3n) is 9.14. The molecule has 42 heavy (non-hydrogen) atoms. The van der Waals surface area contributed by atoms with Crippen LogP contribution in [-0.2, 0) is 0 Å². The van der Waals surface area contributed by atoms with Crippen molar-refractivity contribution < 1.29 is 0 Å². The van der Waals surface area contributed by atoms with Crippen LogP contribution in [0.1, 0.15) is 38.2 Å². The third kappa shape index (κ3) is 3.70. The maximum Gasteiger partial charge on any atom is 0.0541 e. The van der Waals surface area contributed by atoms with Gasteiger partial charge in [0.1, 0.15) is 0 Å². The fourth-order valence-corrected chi connectivity index (χ4v) is 7.29. The molecule has 0 saturated heterocycles. The Morgan fingerprint density at radius 2 is 1.19 bits per heavy atom. The lowest BCUT2D eigenvalue weighted by atomic mass is 9.84. The number of nitrogens with zero attached hydrogens (tertiary/aromatic N) is 1. The maximum absolute atomic E-state index is 2.39. The van der Waals surface area contributed by atoms with Crippen molar-refractivity contribution in [2.24, 2.45) is 0 Å². The minimum absolute atomic E-state index is 0.442. The zero-order valence-electron chi connectivity index (χ0n) is 24.1. The van der Waals surface area contributed by atoms with Crippen LogP contribution in [0.15, 0.2) is 133 Å². The molecule has 8 aromatic rings. The molecule has 0 aliphatic heterocycles. The molecule has 1 unspecified atom stereocenters. The van der Waals surface area contributed by atoms with E-state index in [2.05, 4.69) is 152 Å². The molecule has 0 spiro atoms. The molecule has 0 radical (unpaired) electrons. The lowest BCUT2D eigenvalue weighted by Gasteiger charge is -2.19. The zero-order chi connectivity index (χ0) is 28.2. The van der Waals surface area contributed by atoms with E-state index in [1.807, 2.05) is 0 Å². The van der Waals surface area contributed by atoms with E-state index >= 15 is 0 Å². The molecule has 7 aromatic carbocycles. The standard InChI is InChI=1S/C41H33N/c1-3-9-27(10-4-2)32-23-17-29-20-26-37-33(24-18-30-19-25-36(32)40(29)41(30)37)28-15-21-31(22-16-28)42-38-13-7-5-11-34(38)35-12-6-8-14-39(35)42/h3,5-9,11-27H,4,10H2,1-2H3/b9-3-. The van der Waals surface area contributed by atoms with Crippen LogP contribution in [0.5, 0.6) is 0 Å². The molecule has 0 amide bonds. The van der Waals surface area contributed by atoms with E-state index in [0.29, 0.717) is 5.92 Å². The molecule has 1 nitrogen and oxygen atoms in total. The van der Waals surface area contributed by atoms with Crippen molar-refractivity contribution >= 4 is 54.1 Å². The summed E-state index contributed by atoms with van der Waals surface area (Å²) in [5, 5.41) is 10.7. The second-order valence-electron chi connectivity index (χ2n) is 11.5. The summed E-state index contributed by atoms with van der Waals surface area (Å²) < 4.78 is 2.39. The van der Waals surface area contributed by atoms with Gasteiger partial charge in [-0.25, -0.2) is 0 Å². The Bertz CT molecular complexity index is 2210. The smallest absolute Gasteiger partial charge is 0.0541 e. The van der Waals surface area contributed by atoms with Crippen molar-refractivity contribution in [3.8, 4) is 16.8 Å². The van der Waals surface area contributed by atoms with Gasteiger partial charge in [0, 0.05) is 22.4 Å². The molecular formula is C41H33N. The molecule has 1 atom stereocenters. The number of allylic oxidation sites excluding steroid dienone is 2. The highest BCUT2D eigenvalue weighted by Gasteiger charge is 2.17. The summed E-state index contributed by atoms with van der Waals surface area (Å²) in [7, 11) is 0. The summed E-state index contributed by atoms with van der Waals surface area (Å²) in [6, 6.07) is 45.2. The molecule has 0 saturated carbocycles. The first-order chi connectivity index (χ1) is 20.8. The van der Waals surface area contributed by atoms with E-state index < -0.39 is 0 Å². The average Bonchev–Trinajstić information content (AvgIpc) is 3.38. The van der Waals surface area contributed by atoms with Crippen molar-refractivity contribution in [2.45, 2.75) is 32.6 Å². The first-order valence-electron chi connectivity index (χ1n) is 15.2. The molecule has 0 fully saturated rings. The summed E-state index contributed by atoms with van der Waals surface area (Å²) in [5.74, 6) is 0.442. The van der Waals surface area contributed by atoms with E-state index in [0.717, 1.165) is 6.42 Å². The predicted octanol–water partition coefficient (Wildman–Crippen LogP) is 11.8. The van der Waals surface area contributed by atoms with Crippen LogP contribution in [-0.4, -0.2) is 4.57 Å². The molecule has 1 heterocycles. The fourth-order valence-electron chi connectivity index (χ4n) is 7.29. The van der Waals surface area contributed by atoms with E-state index in [4.69, 9.17) is 0 Å². The molecular weight excluding hydrogens is 506 g/mol. The first-order valence-corrected chi connectivity index (χ1v) is 15.2. The van der Waals surface area contributed by atoms with Crippen molar-refractivity contribution in [3.05, 3.63) is 139 Å². The second-order valence-corrected chi connectivity index (χ2v) is 11.5. The largest absolute Gasteiger partial charge is 0.309 e. The number of benzene rings is 7. The molecule has 0 aliphatic rings. The highest BCUT2D eigenvalue weighted by Crippen LogP contribution is 2.42. The molecule has 0 aliphatic carbocycles. The van der Waals surface area contributed by atoms with Crippen LogP contribution < -0.4 is 0 Å². The highest BCUT2D eigenvalue weighted by atomic mass is 15.0. The van der Waals surface area contributed by atoms with Gasteiger partial charge in [-0.05, 0) is 86.6 Å². The summed E-state index contributed by atoms with van der Waals surface area (Å²) >= 11 is 0. The third-order valence-corrected chi connectivity index (χ3v) is 9.14. The highest BCUT2D eigenvalue weighted by molar-refractivity contribution is 6.26. The topological polar surface area (TPSA) is 4.93 Å². The van der Waals surface area contributed by atoms with Crippen molar-refractivity contribution in [1.82, 2.24) is 4.57 Å². The zero-order valence-corrected chi connectivity index (χ0v) is 24.1. The molecule has 1 heteroatoms. The van der Waals surface area contributed by atoms with E-state index in [9.17, 15) is 0 Å². The van der Waals surface area contributed by atoms with Gasteiger partial charge in [0.05, 0.1) is 11.0 Å². The van der Waals surface area contributed by atoms with Crippen LogP contribution in [0, 0.1) is 0 Å². The Labute approximate surface area is 246 Å². The Kier molecular flexibility index (Phi) is 5.86. The quantitative estimate of drug-likeness (QED) is 0.146. The number of fused-ring (bicyclic) bond motifs is 3. The second kappa shape index (κ2) is 9.89. The van der Waals surface area contributed by atoms with E-state index in [1.165, 1.54) is 82.9 Å². The lowest BCUT2D eigenvalue weighted by Crippen LogP contribution is -1.98. The Balaban J connectivity index is 1.30. The minimum atomic E-state index is 0.442. The van der Waals surface area contributed by atoms with Gasteiger partial charge in [-0.3, -0.25) is 0 Å². The van der Waals surface area contributed by atoms with Crippen LogP contribution in [0.3, 0.4) is 0 Å². The van der Waals surface area contributed by atoms with Gasteiger partial charge in [0.15, 0.2) is 0 Å². The van der Waals surface area contributed by atoms with Gasteiger partial charge in [-0.2, -0.15) is 0 Å². The van der Waals surface area contributed by atoms with Gasteiger partial charge in [0.25, 0.3) is 0 Å². The summed E-state index contributed by atoms with van der Waals surface area (Å²) in [4.78, 5) is 0. The van der Waals surface area contributed by atoms with Crippen molar-refractivity contribution in [3.63, 3.8) is 0 Å². The number of para-hydroxylation sites is 2. The molecule has 1 aromatic heterocycles. The minimum Gasteiger partial charge on any atom is -0.309 e. The lowest BCUT2D eigenvalue weighted by molar-refractivity contribution is 0.721. The van der Waals surface area contributed by atoms with Gasteiger partial charge >= 0.3 is 0 Å². The number of rotatable bonds is 6. The van der Waals surface area contributed by atoms with E-state index in [1.54, 1.807) is 0 Å². The Hall–Kier alpha value is -4.88. The molecule has 202 valence electrons. The SMILES string of the molecule is C/C=C\C(CCC)c1ccc2ccc3c(-c4ccc(-n5c6ccccc6c6ccccc65)cc4)ccc4ccc1c2c43. The van der Waals surface area contributed by atoms with Gasteiger partial charge in [0.2, 0.25) is 0 Å². The number of aromatic nitrogens is 1. The molecule has 8 rings (SSSR count). The van der Waals surface area contributed by atoms with Crippen LogP contribution in [0.2, 0.25) is 0 Å². The van der Waals surface area contributed by atoms with Crippen LogP contribution >= 0.6 is 0 Å². The van der Waals surface area contributed by atoms with Crippen molar-refractivity contribution in [2.75, 3.05) is 0 Å². The average molecular weight is 540 g/mol. The van der Waals surface area contributed by atoms with Crippen LogP contribution in [0.25, 0.3) is 70.9 Å².